The lowest BCUT2D eigenvalue weighted by Gasteiger charge is -2.42. The molecule has 1 aliphatic carbocycles. The average Bonchev–Trinajstić information content (AvgIpc) is 2.91. The molecule has 1 fully saturated rings. The van der Waals surface area contributed by atoms with Gasteiger partial charge in [0, 0.05) is 39.4 Å². The van der Waals surface area contributed by atoms with Crippen LogP contribution in [-0.4, -0.2) is 50.0 Å². The van der Waals surface area contributed by atoms with Gasteiger partial charge >= 0.3 is 0 Å². The Kier molecular flexibility index (Phi) is 7.09. The fraction of sp³-hybridized carbons (Fsp3) is 0.688. The van der Waals surface area contributed by atoms with Gasteiger partial charge in [0.05, 0.1) is 0 Å². The second-order valence-electron chi connectivity index (χ2n) is 6.98. The van der Waals surface area contributed by atoms with Crippen molar-refractivity contribution in [3.63, 3.8) is 0 Å². The summed E-state index contributed by atoms with van der Waals surface area (Å²) in [6.07, 6.45) is 5.22. The van der Waals surface area contributed by atoms with Crippen LogP contribution in [0.4, 0.5) is 0 Å². The number of rotatable bonds is 5. The highest BCUT2D eigenvalue weighted by atomic mass is 35.5. The third kappa shape index (κ3) is 4.36. The van der Waals surface area contributed by atoms with Crippen LogP contribution >= 0.6 is 12.4 Å². The second kappa shape index (κ2) is 8.07. The second-order valence-corrected chi connectivity index (χ2v) is 8.67. The number of nitrogens with one attached hydrogen (secondary N) is 1. The molecule has 3 N–H and O–H groups in total. The van der Waals surface area contributed by atoms with Crippen LogP contribution in [0.15, 0.2) is 17.2 Å². The fourth-order valence-electron chi connectivity index (χ4n) is 3.36. The molecule has 1 aliphatic rings. The van der Waals surface area contributed by atoms with Crippen LogP contribution in [0.3, 0.4) is 0 Å². The number of carbonyl (C=O) groups is 1. The minimum atomic E-state index is -3.75. The third-order valence-electron chi connectivity index (χ3n) is 5.07. The van der Waals surface area contributed by atoms with E-state index in [1.807, 2.05) is 6.92 Å². The number of nitrogens with zero attached hydrogens (tertiary/aromatic N) is 2. The lowest BCUT2D eigenvalue weighted by atomic mass is 9.74. The summed E-state index contributed by atoms with van der Waals surface area (Å²) in [5.74, 6) is -0.0591. The predicted octanol–water partition coefficient (Wildman–Crippen LogP) is 1.33. The van der Waals surface area contributed by atoms with Crippen LogP contribution in [-0.2, 0) is 17.1 Å². The van der Waals surface area contributed by atoms with Gasteiger partial charge in [-0.25, -0.2) is 13.1 Å². The Morgan fingerprint density at radius 2 is 2.08 bits per heavy atom. The molecule has 1 saturated carbocycles. The van der Waals surface area contributed by atoms with Crippen molar-refractivity contribution in [3.8, 4) is 0 Å². The van der Waals surface area contributed by atoms with Gasteiger partial charge < -0.3 is 15.2 Å². The van der Waals surface area contributed by atoms with Gasteiger partial charge in [0.2, 0.25) is 10.0 Å². The van der Waals surface area contributed by atoms with Gasteiger partial charge in [-0.2, -0.15) is 0 Å². The van der Waals surface area contributed by atoms with E-state index in [4.69, 9.17) is 5.73 Å². The Hall–Kier alpha value is -1.09. The molecule has 1 aromatic heterocycles. The van der Waals surface area contributed by atoms with Crippen molar-refractivity contribution in [3.05, 3.63) is 18.0 Å². The van der Waals surface area contributed by atoms with Gasteiger partial charge in [0.15, 0.2) is 0 Å². The molecule has 9 heteroatoms. The monoisotopic (exact) mass is 392 g/mol. The first-order valence-corrected chi connectivity index (χ1v) is 9.73. The van der Waals surface area contributed by atoms with E-state index < -0.39 is 15.6 Å². The van der Waals surface area contributed by atoms with Gasteiger partial charge in [-0.3, -0.25) is 4.79 Å². The predicted molar refractivity (Wildman–Crippen MR) is 100 cm³/mol. The highest BCUT2D eigenvalue weighted by Crippen LogP contribution is 2.34. The number of halogens is 1. The summed E-state index contributed by atoms with van der Waals surface area (Å²) in [6, 6.07) is 1.42. The summed E-state index contributed by atoms with van der Waals surface area (Å²) in [5.41, 5.74) is 5.66. The van der Waals surface area contributed by atoms with Crippen LogP contribution in [0, 0.1) is 5.92 Å². The van der Waals surface area contributed by atoms with Crippen LogP contribution < -0.4 is 10.5 Å². The Balaban J connectivity index is 0.00000312. The van der Waals surface area contributed by atoms with Gasteiger partial charge in [-0.15, -0.1) is 12.4 Å². The SMILES string of the molecule is CC1CCCCC1(CN)NS(=O)(=O)c1cc(C(=O)N(C)C)n(C)c1.Cl. The van der Waals surface area contributed by atoms with Crippen molar-refractivity contribution < 1.29 is 13.2 Å². The van der Waals surface area contributed by atoms with Crippen molar-refractivity contribution >= 4 is 28.3 Å². The van der Waals surface area contributed by atoms with Crippen molar-refractivity contribution in [2.24, 2.45) is 18.7 Å². The minimum Gasteiger partial charge on any atom is -0.345 e. The molecule has 0 radical (unpaired) electrons. The smallest absolute Gasteiger partial charge is 0.269 e. The molecule has 1 amide bonds. The van der Waals surface area contributed by atoms with Crippen LogP contribution in [0.2, 0.25) is 0 Å². The number of nitrogens with two attached hydrogens (primary N) is 1. The van der Waals surface area contributed by atoms with Crippen LogP contribution in [0.5, 0.6) is 0 Å². The van der Waals surface area contributed by atoms with Gasteiger partial charge in [-0.1, -0.05) is 19.8 Å². The first kappa shape index (κ1) is 22.0. The van der Waals surface area contributed by atoms with E-state index in [9.17, 15) is 13.2 Å². The van der Waals surface area contributed by atoms with Gasteiger partial charge in [0.25, 0.3) is 5.91 Å². The number of amides is 1. The fourth-order valence-corrected chi connectivity index (χ4v) is 4.96. The zero-order chi connectivity index (χ0) is 18.1. The van der Waals surface area contributed by atoms with E-state index in [1.165, 1.54) is 21.7 Å². The molecule has 7 nitrogen and oxygen atoms in total. The molecule has 144 valence electrons. The molecule has 2 unspecified atom stereocenters. The summed E-state index contributed by atoms with van der Waals surface area (Å²) in [5, 5.41) is 0. The van der Waals surface area contributed by atoms with E-state index in [-0.39, 0.29) is 35.7 Å². The summed E-state index contributed by atoms with van der Waals surface area (Å²) in [4.78, 5) is 13.7. The van der Waals surface area contributed by atoms with E-state index >= 15 is 0 Å². The Morgan fingerprint density at radius 1 is 1.44 bits per heavy atom. The van der Waals surface area contributed by atoms with Crippen molar-refractivity contribution in [1.29, 1.82) is 0 Å². The minimum absolute atomic E-state index is 0. The van der Waals surface area contributed by atoms with Crippen molar-refractivity contribution in [2.75, 3.05) is 20.6 Å². The van der Waals surface area contributed by atoms with Gasteiger partial charge in [0.1, 0.15) is 10.6 Å². The maximum atomic E-state index is 12.9. The third-order valence-corrected chi connectivity index (χ3v) is 6.59. The Labute approximate surface area is 156 Å². The molecule has 1 aromatic rings. The maximum Gasteiger partial charge on any atom is 0.269 e. The quantitative estimate of drug-likeness (QED) is 0.789. The molecule has 0 saturated heterocycles. The zero-order valence-corrected chi connectivity index (χ0v) is 16.9. The summed E-state index contributed by atoms with van der Waals surface area (Å²) >= 11 is 0. The molecule has 25 heavy (non-hydrogen) atoms. The highest BCUT2D eigenvalue weighted by molar-refractivity contribution is 7.89. The molecule has 2 rings (SSSR count). The molecule has 0 aliphatic heterocycles. The molecule has 2 atom stereocenters. The lowest BCUT2D eigenvalue weighted by Crippen LogP contribution is -2.58. The summed E-state index contributed by atoms with van der Waals surface area (Å²) in [7, 11) is 1.19. The number of carbonyl (C=O) groups excluding carboxylic acids is 1. The Morgan fingerprint density at radius 3 is 2.60 bits per heavy atom. The normalized spacial score (nSPS) is 23.8. The van der Waals surface area contributed by atoms with Crippen molar-refractivity contribution in [2.45, 2.75) is 43.0 Å². The zero-order valence-electron chi connectivity index (χ0n) is 15.3. The Bertz CT molecular complexity index is 717. The molecule has 0 aromatic carbocycles. The van der Waals surface area contributed by atoms with E-state index in [2.05, 4.69) is 4.72 Å². The van der Waals surface area contributed by atoms with Crippen LogP contribution in [0.25, 0.3) is 0 Å². The number of aromatic nitrogens is 1. The van der Waals surface area contributed by atoms with Crippen LogP contribution in [0.1, 0.15) is 43.1 Å². The number of aryl methyl sites for hydroxylation is 1. The van der Waals surface area contributed by atoms with E-state index in [1.54, 1.807) is 21.1 Å². The summed E-state index contributed by atoms with van der Waals surface area (Å²) in [6.45, 7) is 2.31. The van der Waals surface area contributed by atoms with Crippen molar-refractivity contribution in [1.82, 2.24) is 14.2 Å². The topological polar surface area (TPSA) is 97.4 Å². The first-order valence-electron chi connectivity index (χ1n) is 8.25. The largest absolute Gasteiger partial charge is 0.345 e. The van der Waals surface area contributed by atoms with E-state index in [0.717, 1.165) is 25.7 Å². The first-order chi connectivity index (χ1) is 11.1. The maximum absolute atomic E-state index is 12.9. The molecule has 1 heterocycles. The number of hydrogen-bond donors (Lipinski definition) is 2. The van der Waals surface area contributed by atoms with E-state index in [0.29, 0.717) is 5.69 Å². The summed E-state index contributed by atoms with van der Waals surface area (Å²) < 4.78 is 30.1. The van der Waals surface area contributed by atoms with Gasteiger partial charge in [-0.05, 0) is 24.8 Å². The molecular weight excluding hydrogens is 364 g/mol. The molecular formula is C16H29ClN4O3S. The molecule has 0 bridgehead atoms. The lowest BCUT2D eigenvalue weighted by molar-refractivity contribution is 0.0818. The standard InChI is InChI=1S/C16H28N4O3S.ClH/c1-12-7-5-6-8-16(12,11-17)18-24(22,23)13-9-14(20(4)10-13)15(21)19(2)3;/h9-10,12,18H,5-8,11,17H2,1-4H3;1H. The number of hydrogen-bond acceptors (Lipinski definition) is 4. The highest BCUT2D eigenvalue weighted by Gasteiger charge is 2.41. The number of sulfonamides is 1. The average molecular weight is 393 g/mol. The molecule has 0 spiro atoms.